The van der Waals surface area contributed by atoms with Gasteiger partial charge in [0.25, 0.3) is 0 Å². The summed E-state index contributed by atoms with van der Waals surface area (Å²) in [5.74, 6) is -0.261. The number of ether oxygens (including phenoxy) is 1. The molecule has 0 unspecified atom stereocenters. The molecule has 1 aliphatic carbocycles. The monoisotopic (exact) mass is 337 g/mol. The van der Waals surface area contributed by atoms with Crippen LogP contribution in [0.5, 0.6) is 0 Å². The van der Waals surface area contributed by atoms with E-state index in [9.17, 15) is 4.79 Å². The van der Waals surface area contributed by atoms with Crippen LogP contribution in [0.1, 0.15) is 48.5 Å². The molecule has 0 aliphatic heterocycles. The van der Waals surface area contributed by atoms with Crippen LogP contribution in [0.4, 0.5) is 0 Å². The molecular formula is C14H16BrN3O2. The number of pyridine rings is 1. The number of hydrogen-bond acceptors (Lipinski definition) is 4. The van der Waals surface area contributed by atoms with Gasteiger partial charge in [0.15, 0.2) is 5.65 Å². The second-order valence-electron chi connectivity index (χ2n) is 5.05. The SMILES string of the molecule is CCc1c(Br)nc2[nH]ncc2c1C(=O)OC1CCCC1. The zero-order chi connectivity index (χ0) is 14.1. The fourth-order valence-electron chi connectivity index (χ4n) is 2.75. The van der Waals surface area contributed by atoms with Crippen LogP contribution < -0.4 is 0 Å². The Balaban J connectivity index is 2.03. The highest BCUT2D eigenvalue weighted by molar-refractivity contribution is 9.10. The minimum atomic E-state index is -0.261. The van der Waals surface area contributed by atoms with Gasteiger partial charge in [-0.25, -0.2) is 9.78 Å². The summed E-state index contributed by atoms with van der Waals surface area (Å²) in [6.45, 7) is 2.00. The van der Waals surface area contributed by atoms with Gasteiger partial charge in [-0.1, -0.05) is 6.92 Å². The molecule has 0 aromatic carbocycles. The molecular weight excluding hydrogens is 322 g/mol. The molecule has 1 N–H and O–H groups in total. The van der Waals surface area contributed by atoms with Crippen LogP contribution in [0.2, 0.25) is 0 Å². The molecule has 106 valence electrons. The lowest BCUT2D eigenvalue weighted by molar-refractivity contribution is 0.0319. The molecule has 0 saturated heterocycles. The van der Waals surface area contributed by atoms with Gasteiger partial charge in [-0.15, -0.1) is 0 Å². The molecule has 5 nitrogen and oxygen atoms in total. The summed E-state index contributed by atoms with van der Waals surface area (Å²) >= 11 is 3.43. The Hall–Kier alpha value is -1.43. The van der Waals surface area contributed by atoms with Crippen molar-refractivity contribution in [3.05, 3.63) is 21.9 Å². The van der Waals surface area contributed by atoms with E-state index in [1.54, 1.807) is 6.20 Å². The Labute approximate surface area is 125 Å². The smallest absolute Gasteiger partial charge is 0.339 e. The molecule has 0 atom stereocenters. The normalized spacial score (nSPS) is 15.9. The highest BCUT2D eigenvalue weighted by atomic mass is 79.9. The van der Waals surface area contributed by atoms with Gasteiger partial charge in [0.2, 0.25) is 0 Å². The van der Waals surface area contributed by atoms with Gasteiger partial charge in [-0.3, -0.25) is 5.10 Å². The summed E-state index contributed by atoms with van der Waals surface area (Å²) in [7, 11) is 0. The number of H-pyrrole nitrogens is 1. The van der Waals surface area contributed by atoms with Crippen molar-refractivity contribution in [3.63, 3.8) is 0 Å². The minimum Gasteiger partial charge on any atom is -0.459 e. The fourth-order valence-corrected chi connectivity index (χ4v) is 3.41. The zero-order valence-electron chi connectivity index (χ0n) is 11.3. The Bertz CT molecular complexity index is 647. The quantitative estimate of drug-likeness (QED) is 0.688. The summed E-state index contributed by atoms with van der Waals surface area (Å²) < 4.78 is 6.32. The molecule has 0 amide bonds. The molecule has 2 aromatic heterocycles. The van der Waals surface area contributed by atoms with Crippen LogP contribution in [0.3, 0.4) is 0 Å². The number of esters is 1. The first-order valence-corrected chi connectivity index (χ1v) is 7.72. The molecule has 1 fully saturated rings. The van der Waals surface area contributed by atoms with Crippen LogP contribution in [-0.2, 0) is 11.2 Å². The van der Waals surface area contributed by atoms with Crippen LogP contribution in [0.25, 0.3) is 11.0 Å². The average Bonchev–Trinajstić information content (AvgIpc) is 3.07. The minimum absolute atomic E-state index is 0.0566. The van der Waals surface area contributed by atoms with Crippen molar-refractivity contribution in [2.75, 3.05) is 0 Å². The predicted molar refractivity (Wildman–Crippen MR) is 78.6 cm³/mol. The first-order valence-electron chi connectivity index (χ1n) is 6.93. The van der Waals surface area contributed by atoms with Crippen molar-refractivity contribution in [2.45, 2.75) is 45.1 Å². The number of aromatic nitrogens is 3. The fraction of sp³-hybridized carbons (Fsp3) is 0.500. The van der Waals surface area contributed by atoms with Gasteiger partial charge < -0.3 is 4.74 Å². The maximum Gasteiger partial charge on any atom is 0.339 e. The van der Waals surface area contributed by atoms with E-state index in [2.05, 4.69) is 31.1 Å². The summed E-state index contributed by atoms with van der Waals surface area (Å²) in [6, 6.07) is 0. The van der Waals surface area contributed by atoms with Crippen LogP contribution >= 0.6 is 15.9 Å². The number of halogens is 1. The number of nitrogens with one attached hydrogen (secondary N) is 1. The van der Waals surface area contributed by atoms with E-state index in [1.807, 2.05) is 6.92 Å². The summed E-state index contributed by atoms with van der Waals surface area (Å²) in [5, 5.41) is 7.51. The van der Waals surface area contributed by atoms with E-state index >= 15 is 0 Å². The number of carbonyl (C=O) groups is 1. The number of rotatable bonds is 3. The van der Waals surface area contributed by atoms with Crippen molar-refractivity contribution >= 4 is 32.9 Å². The first kappa shape index (κ1) is 13.5. The molecule has 0 radical (unpaired) electrons. The molecule has 3 rings (SSSR count). The standard InChI is InChI=1S/C14H16BrN3O2/c1-2-9-11(14(19)20-8-5-3-4-6-8)10-7-16-18-13(10)17-12(9)15/h7-8H,2-6H2,1H3,(H,16,17,18). The predicted octanol–water partition coefficient (Wildman–Crippen LogP) is 3.38. The maximum absolute atomic E-state index is 12.5. The van der Waals surface area contributed by atoms with E-state index in [-0.39, 0.29) is 12.1 Å². The Kier molecular flexibility index (Phi) is 3.74. The van der Waals surface area contributed by atoms with E-state index in [0.717, 1.165) is 36.6 Å². The molecule has 0 spiro atoms. The molecule has 2 aromatic rings. The average molecular weight is 338 g/mol. The zero-order valence-corrected chi connectivity index (χ0v) is 12.9. The lowest BCUT2D eigenvalue weighted by Gasteiger charge is -2.14. The van der Waals surface area contributed by atoms with E-state index in [4.69, 9.17) is 4.74 Å². The van der Waals surface area contributed by atoms with Crippen LogP contribution in [0.15, 0.2) is 10.8 Å². The lowest BCUT2D eigenvalue weighted by Crippen LogP contribution is -2.17. The number of nitrogens with zero attached hydrogens (tertiary/aromatic N) is 2. The Morgan fingerprint density at radius 3 is 2.95 bits per heavy atom. The number of fused-ring (bicyclic) bond motifs is 1. The number of hydrogen-bond donors (Lipinski definition) is 1. The van der Waals surface area contributed by atoms with Crippen molar-refractivity contribution < 1.29 is 9.53 Å². The molecule has 2 heterocycles. The van der Waals surface area contributed by atoms with E-state index in [0.29, 0.717) is 22.2 Å². The van der Waals surface area contributed by atoms with Gasteiger partial charge in [0, 0.05) is 5.56 Å². The third-order valence-corrected chi connectivity index (χ3v) is 4.44. The third-order valence-electron chi connectivity index (χ3n) is 3.78. The molecule has 20 heavy (non-hydrogen) atoms. The first-order chi connectivity index (χ1) is 9.70. The van der Waals surface area contributed by atoms with Gasteiger partial charge in [-0.05, 0) is 48.0 Å². The second kappa shape index (κ2) is 5.52. The van der Waals surface area contributed by atoms with Gasteiger partial charge in [0.1, 0.15) is 10.7 Å². The summed E-state index contributed by atoms with van der Waals surface area (Å²) in [5.41, 5.74) is 2.07. The van der Waals surface area contributed by atoms with E-state index in [1.165, 1.54) is 0 Å². The molecule has 6 heteroatoms. The van der Waals surface area contributed by atoms with Crippen molar-refractivity contribution in [1.82, 2.24) is 15.2 Å². The summed E-state index contributed by atoms with van der Waals surface area (Å²) in [4.78, 5) is 16.9. The van der Waals surface area contributed by atoms with Crippen molar-refractivity contribution in [1.29, 1.82) is 0 Å². The molecule has 1 aliphatic rings. The highest BCUT2D eigenvalue weighted by Crippen LogP contribution is 2.29. The number of aromatic amines is 1. The van der Waals surface area contributed by atoms with E-state index < -0.39 is 0 Å². The highest BCUT2D eigenvalue weighted by Gasteiger charge is 2.25. The van der Waals surface area contributed by atoms with Crippen molar-refractivity contribution in [2.24, 2.45) is 0 Å². The largest absolute Gasteiger partial charge is 0.459 e. The van der Waals surface area contributed by atoms with Crippen LogP contribution in [-0.4, -0.2) is 27.3 Å². The van der Waals surface area contributed by atoms with Crippen LogP contribution in [0, 0.1) is 0 Å². The molecule has 1 saturated carbocycles. The number of carbonyl (C=O) groups excluding carboxylic acids is 1. The van der Waals surface area contributed by atoms with Gasteiger partial charge in [-0.2, -0.15) is 5.10 Å². The van der Waals surface area contributed by atoms with Gasteiger partial charge in [0.05, 0.1) is 17.1 Å². The third kappa shape index (κ3) is 2.32. The summed E-state index contributed by atoms with van der Waals surface area (Å²) in [6.07, 6.45) is 6.62. The Morgan fingerprint density at radius 1 is 1.50 bits per heavy atom. The molecule has 0 bridgehead atoms. The van der Waals surface area contributed by atoms with Gasteiger partial charge >= 0.3 is 5.97 Å². The second-order valence-corrected chi connectivity index (χ2v) is 5.80. The van der Waals surface area contributed by atoms with Crippen molar-refractivity contribution in [3.8, 4) is 0 Å². The topological polar surface area (TPSA) is 67.9 Å². The lowest BCUT2D eigenvalue weighted by atomic mass is 10.1. The Morgan fingerprint density at radius 2 is 2.25 bits per heavy atom. The maximum atomic E-state index is 12.5.